The number of nitrogens with zero attached hydrogens (tertiary/aromatic N) is 1. The van der Waals surface area contributed by atoms with Crippen molar-refractivity contribution < 1.29 is 23.5 Å². The summed E-state index contributed by atoms with van der Waals surface area (Å²) < 4.78 is 24.2. The van der Waals surface area contributed by atoms with Crippen molar-refractivity contribution in [2.45, 2.75) is 18.6 Å². The summed E-state index contributed by atoms with van der Waals surface area (Å²) in [5.41, 5.74) is 0.269. The zero-order valence-corrected chi connectivity index (χ0v) is 13.1. The Kier molecular flexibility index (Phi) is 4.52. The molecule has 0 aromatic heterocycles. The van der Waals surface area contributed by atoms with E-state index in [1.165, 1.54) is 17.0 Å². The van der Waals surface area contributed by atoms with E-state index >= 15 is 0 Å². The number of hydrogen-bond donors (Lipinski definition) is 1. The molecule has 124 valence electrons. The Balaban J connectivity index is 1.57. The number of halogens is 2. The summed E-state index contributed by atoms with van der Waals surface area (Å²) in [6.45, 7) is 1.88. The molecule has 2 aliphatic rings. The van der Waals surface area contributed by atoms with E-state index in [4.69, 9.17) is 21.1 Å². The first-order valence-electron chi connectivity index (χ1n) is 7.32. The molecule has 0 bridgehead atoms. The molecule has 1 aromatic carbocycles. The molecule has 8 heteroatoms. The standard InChI is InChI=1S/C15H16ClFN2O4/c16-11-9-10(1-2-12(11)17)18-13(20)14(21)19-5-3-15(4-6-19)22-7-8-23-15/h1-2,9H,3-8H2,(H,18,20). The van der Waals surface area contributed by atoms with Gasteiger partial charge in [0, 0.05) is 31.6 Å². The summed E-state index contributed by atoms with van der Waals surface area (Å²) in [6.07, 6.45) is 1.07. The van der Waals surface area contributed by atoms with Gasteiger partial charge < -0.3 is 19.7 Å². The lowest BCUT2D eigenvalue weighted by atomic mass is 10.0. The Hall–Kier alpha value is -1.70. The minimum Gasteiger partial charge on any atom is -0.347 e. The molecule has 6 nitrogen and oxygen atoms in total. The van der Waals surface area contributed by atoms with E-state index in [0.29, 0.717) is 39.1 Å². The molecular formula is C15H16ClFN2O4. The zero-order chi connectivity index (χ0) is 16.4. The topological polar surface area (TPSA) is 67.9 Å². The normalized spacial score (nSPS) is 19.8. The maximum atomic E-state index is 13.1. The maximum absolute atomic E-state index is 13.1. The van der Waals surface area contributed by atoms with Crippen LogP contribution >= 0.6 is 11.6 Å². The van der Waals surface area contributed by atoms with Gasteiger partial charge in [0.25, 0.3) is 0 Å². The second-order valence-corrected chi connectivity index (χ2v) is 5.89. The average Bonchev–Trinajstić information content (AvgIpc) is 2.99. The SMILES string of the molecule is O=C(Nc1ccc(F)c(Cl)c1)C(=O)N1CCC2(CC1)OCCO2. The van der Waals surface area contributed by atoms with Crippen LogP contribution in [-0.4, -0.2) is 48.8 Å². The number of ether oxygens (including phenoxy) is 2. The fraction of sp³-hybridized carbons (Fsp3) is 0.467. The molecule has 2 amide bonds. The first kappa shape index (κ1) is 16.2. The van der Waals surface area contributed by atoms with Crippen molar-refractivity contribution in [1.29, 1.82) is 0 Å². The van der Waals surface area contributed by atoms with Crippen molar-refractivity contribution in [3.05, 3.63) is 29.0 Å². The second-order valence-electron chi connectivity index (χ2n) is 5.48. The van der Waals surface area contributed by atoms with E-state index in [0.717, 1.165) is 6.07 Å². The van der Waals surface area contributed by atoms with Crippen molar-refractivity contribution in [3.8, 4) is 0 Å². The van der Waals surface area contributed by atoms with Crippen LogP contribution < -0.4 is 5.32 Å². The van der Waals surface area contributed by atoms with Gasteiger partial charge in [0.2, 0.25) is 0 Å². The van der Waals surface area contributed by atoms with Gasteiger partial charge in [-0.3, -0.25) is 9.59 Å². The second kappa shape index (κ2) is 6.43. The van der Waals surface area contributed by atoms with Crippen molar-refractivity contribution in [2.75, 3.05) is 31.6 Å². The zero-order valence-electron chi connectivity index (χ0n) is 12.3. The lowest BCUT2D eigenvalue weighted by Crippen LogP contribution is -2.50. The number of carbonyl (C=O) groups excluding carboxylic acids is 2. The van der Waals surface area contributed by atoms with Crippen LogP contribution in [0.3, 0.4) is 0 Å². The van der Waals surface area contributed by atoms with Crippen molar-refractivity contribution in [3.63, 3.8) is 0 Å². The van der Waals surface area contributed by atoms with Gasteiger partial charge in [0.1, 0.15) is 5.82 Å². The molecule has 1 N–H and O–H groups in total. The number of likely N-dealkylation sites (tertiary alicyclic amines) is 1. The maximum Gasteiger partial charge on any atom is 0.313 e. The molecule has 23 heavy (non-hydrogen) atoms. The van der Waals surface area contributed by atoms with E-state index < -0.39 is 23.4 Å². The van der Waals surface area contributed by atoms with Crippen molar-refractivity contribution in [2.24, 2.45) is 0 Å². The molecule has 2 heterocycles. The lowest BCUT2D eigenvalue weighted by Gasteiger charge is -2.37. The van der Waals surface area contributed by atoms with E-state index in [-0.39, 0.29) is 10.7 Å². The van der Waals surface area contributed by atoms with Gasteiger partial charge in [-0.2, -0.15) is 0 Å². The Morgan fingerprint density at radius 1 is 1.22 bits per heavy atom. The Morgan fingerprint density at radius 3 is 2.48 bits per heavy atom. The van der Waals surface area contributed by atoms with Crippen molar-refractivity contribution in [1.82, 2.24) is 4.90 Å². The summed E-state index contributed by atoms with van der Waals surface area (Å²) in [5.74, 6) is -2.61. The quantitative estimate of drug-likeness (QED) is 0.790. The Bertz CT molecular complexity index is 624. The van der Waals surface area contributed by atoms with E-state index in [9.17, 15) is 14.0 Å². The fourth-order valence-electron chi connectivity index (χ4n) is 2.74. The molecule has 0 atom stereocenters. The summed E-state index contributed by atoms with van der Waals surface area (Å²) >= 11 is 5.65. The Labute approximate surface area is 137 Å². The van der Waals surface area contributed by atoms with Gasteiger partial charge in [0.05, 0.1) is 18.2 Å². The minimum atomic E-state index is -0.781. The highest BCUT2D eigenvalue weighted by molar-refractivity contribution is 6.39. The molecule has 2 aliphatic heterocycles. The van der Waals surface area contributed by atoms with Crippen LogP contribution in [0.5, 0.6) is 0 Å². The number of anilines is 1. The van der Waals surface area contributed by atoms with Gasteiger partial charge in [0.15, 0.2) is 5.79 Å². The van der Waals surface area contributed by atoms with Gasteiger partial charge in [-0.15, -0.1) is 0 Å². The highest BCUT2D eigenvalue weighted by Gasteiger charge is 2.41. The van der Waals surface area contributed by atoms with Crippen LogP contribution in [0, 0.1) is 5.82 Å². The van der Waals surface area contributed by atoms with Crippen LogP contribution in [0.2, 0.25) is 5.02 Å². The average molecular weight is 343 g/mol. The minimum absolute atomic E-state index is 0.120. The number of rotatable bonds is 1. The molecule has 0 aliphatic carbocycles. The lowest BCUT2D eigenvalue weighted by molar-refractivity contribution is -0.187. The molecule has 1 spiro atoms. The smallest absolute Gasteiger partial charge is 0.313 e. The molecule has 3 rings (SSSR count). The fourth-order valence-corrected chi connectivity index (χ4v) is 2.92. The third-order valence-corrected chi connectivity index (χ3v) is 4.29. The number of piperidine rings is 1. The van der Waals surface area contributed by atoms with Crippen molar-refractivity contribution >= 4 is 29.1 Å². The molecule has 0 unspecified atom stereocenters. The molecule has 0 radical (unpaired) electrons. The van der Waals surface area contributed by atoms with E-state index in [1.807, 2.05) is 0 Å². The van der Waals surface area contributed by atoms with Gasteiger partial charge in [-0.05, 0) is 18.2 Å². The Morgan fingerprint density at radius 2 is 1.87 bits per heavy atom. The molecule has 0 saturated carbocycles. The summed E-state index contributed by atoms with van der Waals surface area (Å²) in [7, 11) is 0. The first-order valence-corrected chi connectivity index (χ1v) is 7.70. The predicted octanol–water partition coefficient (Wildman–Crippen LogP) is 1.78. The highest BCUT2D eigenvalue weighted by atomic mass is 35.5. The molecule has 1 aromatic rings. The van der Waals surface area contributed by atoms with Crippen LogP contribution in [-0.2, 0) is 19.1 Å². The third-order valence-electron chi connectivity index (χ3n) is 4.00. The van der Waals surface area contributed by atoms with Gasteiger partial charge >= 0.3 is 11.8 Å². The number of benzene rings is 1. The summed E-state index contributed by atoms with van der Waals surface area (Å²) in [6, 6.07) is 3.73. The molecule has 2 saturated heterocycles. The summed E-state index contributed by atoms with van der Waals surface area (Å²) in [5, 5.41) is 2.30. The number of hydrogen-bond acceptors (Lipinski definition) is 4. The van der Waals surface area contributed by atoms with Crippen LogP contribution in [0.25, 0.3) is 0 Å². The molecule has 2 fully saturated rings. The van der Waals surface area contributed by atoms with E-state index in [1.54, 1.807) is 0 Å². The number of nitrogens with one attached hydrogen (secondary N) is 1. The number of carbonyl (C=O) groups is 2. The highest BCUT2D eigenvalue weighted by Crippen LogP contribution is 2.31. The first-order chi connectivity index (χ1) is 11.0. The monoisotopic (exact) mass is 342 g/mol. The molecular weight excluding hydrogens is 327 g/mol. The van der Waals surface area contributed by atoms with Crippen LogP contribution in [0.15, 0.2) is 18.2 Å². The van der Waals surface area contributed by atoms with Crippen LogP contribution in [0.1, 0.15) is 12.8 Å². The largest absolute Gasteiger partial charge is 0.347 e. The third kappa shape index (κ3) is 3.46. The number of amides is 2. The summed E-state index contributed by atoms with van der Waals surface area (Å²) in [4.78, 5) is 25.7. The van der Waals surface area contributed by atoms with Crippen LogP contribution in [0.4, 0.5) is 10.1 Å². The predicted molar refractivity (Wildman–Crippen MR) is 80.5 cm³/mol. The van der Waals surface area contributed by atoms with E-state index in [2.05, 4.69) is 5.32 Å². The van der Waals surface area contributed by atoms with Gasteiger partial charge in [-0.1, -0.05) is 11.6 Å². The van der Waals surface area contributed by atoms with Gasteiger partial charge in [-0.25, -0.2) is 4.39 Å².